The first-order valence-electron chi connectivity index (χ1n) is 7.81. The third-order valence-electron chi connectivity index (χ3n) is 3.72. The second kappa shape index (κ2) is 7.56. The van der Waals surface area contributed by atoms with Crippen molar-refractivity contribution in [3.8, 4) is 0 Å². The molecule has 1 heterocycles. The van der Waals surface area contributed by atoms with Crippen LogP contribution in [0.1, 0.15) is 10.4 Å². The third kappa shape index (κ3) is 3.71. The zero-order valence-corrected chi connectivity index (χ0v) is 13.8. The van der Waals surface area contributed by atoms with Gasteiger partial charge in [-0.05, 0) is 24.3 Å². The highest BCUT2D eigenvalue weighted by Crippen LogP contribution is 2.23. The number of imide groups is 2. The van der Waals surface area contributed by atoms with Crippen LogP contribution in [-0.2, 0) is 9.59 Å². The van der Waals surface area contributed by atoms with E-state index in [1.807, 2.05) is 5.32 Å². The summed E-state index contributed by atoms with van der Waals surface area (Å²) in [6, 6.07) is 12.3. The third-order valence-corrected chi connectivity index (χ3v) is 3.72. The molecule has 1 atom stereocenters. The Morgan fingerprint density at radius 2 is 1.74 bits per heavy atom. The Bertz CT molecular complexity index is 945. The number of para-hydroxylation sites is 1. The minimum Gasteiger partial charge on any atom is -0.276 e. The van der Waals surface area contributed by atoms with Gasteiger partial charge in [0, 0.05) is 11.8 Å². The van der Waals surface area contributed by atoms with Crippen molar-refractivity contribution in [1.29, 1.82) is 0 Å². The summed E-state index contributed by atoms with van der Waals surface area (Å²) in [7, 11) is 0. The first kappa shape index (κ1) is 17.9. The standard InChI is InChI=1S/C18H13FN4O4/c19-13-8-4-5-9-14(13)23-17(26)12(16(25)21-18(23)27)10-20-22-15(24)11-6-2-1-3-7-11/h1-10,12H,(H,22,24)(H,21,25,27)/b20-10-/t12-/m0/s1. The van der Waals surface area contributed by atoms with Crippen molar-refractivity contribution in [2.24, 2.45) is 11.0 Å². The maximum Gasteiger partial charge on any atom is 0.335 e. The lowest BCUT2D eigenvalue weighted by atomic mass is 10.1. The molecule has 3 rings (SSSR count). The summed E-state index contributed by atoms with van der Waals surface area (Å²) in [6.45, 7) is 0. The maximum atomic E-state index is 13.9. The number of hydrogen-bond donors (Lipinski definition) is 2. The number of nitrogens with zero attached hydrogens (tertiary/aromatic N) is 2. The average molecular weight is 368 g/mol. The number of hydrazone groups is 1. The van der Waals surface area contributed by atoms with E-state index in [2.05, 4.69) is 10.5 Å². The number of amides is 5. The summed E-state index contributed by atoms with van der Waals surface area (Å²) >= 11 is 0. The second-order valence-electron chi connectivity index (χ2n) is 5.48. The highest BCUT2D eigenvalue weighted by atomic mass is 19.1. The fourth-order valence-corrected chi connectivity index (χ4v) is 2.41. The van der Waals surface area contributed by atoms with Gasteiger partial charge in [0.2, 0.25) is 5.91 Å². The second-order valence-corrected chi connectivity index (χ2v) is 5.48. The van der Waals surface area contributed by atoms with E-state index in [1.54, 1.807) is 30.3 Å². The molecule has 2 N–H and O–H groups in total. The highest BCUT2D eigenvalue weighted by molar-refractivity contribution is 6.32. The quantitative estimate of drug-likeness (QED) is 0.484. The zero-order chi connectivity index (χ0) is 19.4. The minimum atomic E-state index is -1.50. The summed E-state index contributed by atoms with van der Waals surface area (Å²) in [5.74, 6) is -4.75. The van der Waals surface area contributed by atoms with Gasteiger partial charge in [0.1, 0.15) is 5.82 Å². The molecule has 0 radical (unpaired) electrons. The molecule has 0 unspecified atom stereocenters. The molecule has 1 aliphatic rings. The zero-order valence-electron chi connectivity index (χ0n) is 13.8. The normalized spacial score (nSPS) is 17.1. The van der Waals surface area contributed by atoms with Crippen LogP contribution in [0, 0.1) is 11.7 Å². The van der Waals surface area contributed by atoms with Crippen LogP contribution >= 0.6 is 0 Å². The van der Waals surface area contributed by atoms with Crippen molar-refractivity contribution >= 4 is 35.7 Å². The van der Waals surface area contributed by atoms with Crippen molar-refractivity contribution < 1.29 is 23.6 Å². The van der Waals surface area contributed by atoms with Crippen molar-refractivity contribution in [3.63, 3.8) is 0 Å². The Balaban J connectivity index is 1.77. The molecule has 0 bridgehead atoms. The van der Waals surface area contributed by atoms with Crippen LogP contribution in [-0.4, -0.2) is 30.0 Å². The molecule has 0 spiro atoms. The number of carbonyl (C=O) groups is 4. The van der Waals surface area contributed by atoms with E-state index in [9.17, 15) is 23.6 Å². The lowest BCUT2D eigenvalue weighted by molar-refractivity contribution is -0.131. The smallest absolute Gasteiger partial charge is 0.276 e. The van der Waals surface area contributed by atoms with E-state index in [0.717, 1.165) is 12.3 Å². The van der Waals surface area contributed by atoms with E-state index in [-0.39, 0.29) is 5.69 Å². The van der Waals surface area contributed by atoms with E-state index >= 15 is 0 Å². The number of benzene rings is 2. The molecule has 9 heteroatoms. The van der Waals surface area contributed by atoms with Crippen LogP contribution in [0.25, 0.3) is 0 Å². The van der Waals surface area contributed by atoms with Crippen molar-refractivity contribution in [2.75, 3.05) is 4.90 Å². The molecule has 136 valence electrons. The highest BCUT2D eigenvalue weighted by Gasteiger charge is 2.41. The van der Waals surface area contributed by atoms with Crippen molar-refractivity contribution in [2.45, 2.75) is 0 Å². The topological polar surface area (TPSA) is 108 Å². The number of rotatable bonds is 4. The van der Waals surface area contributed by atoms with Crippen molar-refractivity contribution in [3.05, 3.63) is 66.0 Å². The lowest BCUT2D eigenvalue weighted by Crippen LogP contribution is -2.59. The number of halogens is 1. The van der Waals surface area contributed by atoms with Gasteiger partial charge in [-0.25, -0.2) is 19.5 Å². The average Bonchev–Trinajstić information content (AvgIpc) is 2.66. The number of carbonyl (C=O) groups excluding carboxylic acids is 4. The molecule has 1 fully saturated rings. The Kier molecular flexibility index (Phi) is 5.02. The summed E-state index contributed by atoms with van der Waals surface area (Å²) in [6.07, 6.45) is 0.888. The Hall–Kier alpha value is -3.88. The lowest BCUT2D eigenvalue weighted by Gasteiger charge is -2.28. The molecule has 2 aromatic carbocycles. The largest absolute Gasteiger partial charge is 0.335 e. The van der Waals surface area contributed by atoms with Gasteiger partial charge in [0.15, 0.2) is 5.92 Å². The summed E-state index contributed by atoms with van der Waals surface area (Å²) in [5, 5.41) is 5.57. The van der Waals surface area contributed by atoms with Gasteiger partial charge in [-0.15, -0.1) is 0 Å². The van der Waals surface area contributed by atoms with Crippen LogP contribution in [0.15, 0.2) is 59.7 Å². The monoisotopic (exact) mass is 368 g/mol. The molecule has 27 heavy (non-hydrogen) atoms. The van der Waals surface area contributed by atoms with Crippen LogP contribution < -0.4 is 15.6 Å². The summed E-state index contributed by atoms with van der Waals surface area (Å²) in [5.41, 5.74) is 2.22. The molecule has 0 aliphatic carbocycles. The molecule has 8 nitrogen and oxygen atoms in total. The van der Waals surface area contributed by atoms with E-state index < -0.39 is 35.5 Å². The van der Waals surface area contributed by atoms with Crippen LogP contribution in [0.2, 0.25) is 0 Å². The maximum absolute atomic E-state index is 13.9. The Morgan fingerprint density at radius 1 is 1.07 bits per heavy atom. The van der Waals surface area contributed by atoms with Crippen molar-refractivity contribution in [1.82, 2.24) is 10.7 Å². The van der Waals surface area contributed by atoms with Gasteiger partial charge in [-0.3, -0.25) is 19.7 Å². The van der Waals surface area contributed by atoms with E-state index in [0.29, 0.717) is 10.5 Å². The number of barbiturate groups is 1. The van der Waals surface area contributed by atoms with Gasteiger partial charge < -0.3 is 0 Å². The first-order valence-corrected chi connectivity index (χ1v) is 7.81. The predicted molar refractivity (Wildman–Crippen MR) is 93.3 cm³/mol. The molecule has 5 amide bonds. The SMILES string of the molecule is O=C(N/N=C\[C@H]1C(=O)NC(=O)N(c2ccccc2F)C1=O)c1ccccc1. The molecular formula is C18H13FN4O4. The van der Waals surface area contributed by atoms with E-state index in [4.69, 9.17) is 0 Å². The minimum absolute atomic E-state index is 0.292. The molecule has 1 aliphatic heterocycles. The van der Waals surface area contributed by atoms with Gasteiger partial charge in [-0.2, -0.15) is 5.10 Å². The first-order chi connectivity index (χ1) is 13.0. The number of hydrogen-bond acceptors (Lipinski definition) is 5. The summed E-state index contributed by atoms with van der Waals surface area (Å²) in [4.78, 5) is 48.9. The number of urea groups is 1. The molecule has 0 saturated carbocycles. The van der Waals surface area contributed by atoms with E-state index in [1.165, 1.54) is 18.2 Å². The van der Waals surface area contributed by atoms with Gasteiger partial charge in [-0.1, -0.05) is 30.3 Å². The Morgan fingerprint density at radius 3 is 2.44 bits per heavy atom. The fraction of sp³-hybridized carbons (Fsp3) is 0.0556. The fourth-order valence-electron chi connectivity index (χ4n) is 2.41. The predicted octanol–water partition coefficient (Wildman–Crippen LogP) is 1.44. The summed E-state index contributed by atoms with van der Waals surface area (Å²) < 4.78 is 13.9. The van der Waals surface area contributed by atoms with Crippen LogP contribution in [0.3, 0.4) is 0 Å². The molecule has 2 aromatic rings. The van der Waals surface area contributed by atoms with Gasteiger partial charge in [0.05, 0.1) is 5.69 Å². The molecule has 1 saturated heterocycles. The molecule has 0 aromatic heterocycles. The van der Waals surface area contributed by atoms with Crippen LogP contribution in [0.4, 0.5) is 14.9 Å². The number of anilines is 1. The molecular weight excluding hydrogens is 355 g/mol. The Labute approximate surface area is 152 Å². The van der Waals surface area contributed by atoms with Crippen LogP contribution in [0.5, 0.6) is 0 Å². The van der Waals surface area contributed by atoms with Gasteiger partial charge >= 0.3 is 6.03 Å². The van der Waals surface area contributed by atoms with Gasteiger partial charge in [0.25, 0.3) is 11.8 Å². The number of nitrogens with one attached hydrogen (secondary N) is 2.